The lowest BCUT2D eigenvalue weighted by atomic mass is 10.0. The topological polar surface area (TPSA) is 74.1 Å². The van der Waals surface area contributed by atoms with Crippen molar-refractivity contribution in [2.45, 2.75) is 45.8 Å². The highest BCUT2D eigenvalue weighted by molar-refractivity contribution is 5.78. The third kappa shape index (κ3) is 3.85. The Morgan fingerprint density at radius 1 is 1.06 bits per heavy atom. The first-order valence-corrected chi connectivity index (χ1v) is 11.2. The summed E-state index contributed by atoms with van der Waals surface area (Å²) in [7, 11) is 0. The summed E-state index contributed by atoms with van der Waals surface area (Å²) in [5.41, 5.74) is 3.36. The van der Waals surface area contributed by atoms with Gasteiger partial charge in [-0.25, -0.2) is 9.97 Å². The number of nitrogens with one attached hydrogen (secondary N) is 2. The molecule has 0 amide bonds. The largest absolute Gasteiger partial charge is 0.368 e. The van der Waals surface area contributed by atoms with E-state index in [1.165, 1.54) is 11.4 Å². The van der Waals surface area contributed by atoms with Crippen LogP contribution in [0.4, 0.5) is 17.5 Å². The third-order valence-electron chi connectivity index (χ3n) is 6.48. The number of anilines is 3. The van der Waals surface area contributed by atoms with Crippen LogP contribution in [0.1, 0.15) is 33.4 Å². The lowest BCUT2D eigenvalue weighted by molar-refractivity contribution is 0.209. The standard InChI is InChI=1S/C23H32N8/c1-16(2)29-7-9-30(10-8-29)18-5-6-20(25-14-18)27-22-26-12-17-11-19-13-24-15-23(3,4)31(19)21(17)28-22/h5-6,11-12,14,16,24H,7-10,13,15H2,1-4H3,(H,25,26,27,28). The molecule has 0 bridgehead atoms. The van der Waals surface area contributed by atoms with Gasteiger partial charge in [0.05, 0.1) is 17.4 Å². The van der Waals surface area contributed by atoms with Crippen molar-refractivity contribution in [2.75, 3.05) is 42.9 Å². The summed E-state index contributed by atoms with van der Waals surface area (Å²) in [6.07, 6.45) is 3.84. The number of pyridine rings is 1. The van der Waals surface area contributed by atoms with Gasteiger partial charge in [-0.2, -0.15) is 4.98 Å². The Bertz CT molecular complexity index is 1060. The second kappa shape index (κ2) is 7.76. The molecule has 0 unspecified atom stereocenters. The van der Waals surface area contributed by atoms with Crippen molar-refractivity contribution < 1.29 is 0 Å². The lowest BCUT2D eigenvalue weighted by Gasteiger charge is -2.38. The average molecular weight is 421 g/mol. The second-order valence-corrected chi connectivity index (χ2v) is 9.50. The van der Waals surface area contributed by atoms with E-state index in [-0.39, 0.29) is 5.54 Å². The molecular formula is C23H32N8. The van der Waals surface area contributed by atoms with E-state index in [1.807, 2.05) is 18.5 Å². The van der Waals surface area contributed by atoms with E-state index in [2.05, 4.69) is 74.8 Å². The molecule has 0 aliphatic carbocycles. The Balaban J connectivity index is 1.32. The summed E-state index contributed by atoms with van der Waals surface area (Å²) in [5.74, 6) is 1.34. The fraction of sp³-hybridized carbons (Fsp3) is 0.522. The Hall–Kier alpha value is -2.71. The Morgan fingerprint density at radius 2 is 1.87 bits per heavy atom. The molecule has 0 atom stereocenters. The number of aromatic nitrogens is 4. The SMILES string of the molecule is CC(C)N1CCN(c2ccc(Nc3ncc4cc5n(c4n3)C(C)(C)CNC5)nc2)CC1. The Kier molecular flexibility index (Phi) is 5.06. The monoisotopic (exact) mass is 420 g/mol. The summed E-state index contributed by atoms with van der Waals surface area (Å²) in [6, 6.07) is 6.93. The summed E-state index contributed by atoms with van der Waals surface area (Å²) >= 11 is 0. The van der Waals surface area contributed by atoms with Crippen molar-refractivity contribution in [3.8, 4) is 0 Å². The molecule has 2 aliphatic rings. The van der Waals surface area contributed by atoms with Crippen molar-refractivity contribution in [1.82, 2.24) is 29.7 Å². The van der Waals surface area contributed by atoms with Crippen LogP contribution in [0, 0.1) is 0 Å². The van der Waals surface area contributed by atoms with Gasteiger partial charge in [-0.3, -0.25) is 4.90 Å². The van der Waals surface area contributed by atoms with E-state index in [9.17, 15) is 0 Å². The van der Waals surface area contributed by atoms with Crippen LogP contribution >= 0.6 is 0 Å². The van der Waals surface area contributed by atoms with Crippen molar-refractivity contribution in [3.63, 3.8) is 0 Å². The number of nitrogens with zero attached hydrogens (tertiary/aromatic N) is 6. The molecule has 2 N–H and O–H groups in total. The smallest absolute Gasteiger partial charge is 0.230 e. The minimum atomic E-state index is -0.0273. The third-order valence-corrected chi connectivity index (χ3v) is 6.48. The zero-order valence-electron chi connectivity index (χ0n) is 18.9. The number of fused-ring (bicyclic) bond motifs is 3. The van der Waals surface area contributed by atoms with E-state index < -0.39 is 0 Å². The van der Waals surface area contributed by atoms with Crippen LogP contribution in [0.2, 0.25) is 0 Å². The highest BCUT2D eigenvalue weighted by atomic mass is 15.3. The van der Waals surface area contributed by atoms with Crippen molar-refractivity contribution >= 4 is 28.5 Å². The maximum atomic E-state index is 4.83. The maximum absolute atomic E-state index is 4.83. The summed E-state index contributed by atoms with van der Waals surface area (Å²) < 4.78 is 2.33. The molecule has 0 saturated carbocycles. The zero-order valence-corrected chi connectivity index (χ0v) is 18.9. The van der Waals surface area contributed by atoms with E-state index >= 15 is 0 Å². The van der Waals surface area contributed by atoms with Crippen LogP contribution in [-0.4, -0.2) is 63.2 Å². The molecule has 5 rings (SSSR count). The molecule has 8 heteroatoms. The van der Waals surface area contributed by atoms with Crippen LogP contribution in [-0.2, 0) is 12.1 Å². The van der Waals surface area contributed by atoms with Crippen LogP contribution in [0.25, 0.3) is 11.0 Å². The van der Waals surface area contributed by atoms with Gasteiger partial charge in [-0.1, -0.05) is 0 Å². The van der Waals surface area contributed by atoms with Crippen molar-refractivity contribution in [1.29, 1.82) is 0 Å². The van der Waals surface area contributed by atoms with E-state index in [0.717, 1.165) is 56.1 Å². The number of hydrogen-bond acceptors (Lipinski definition) is 7. The van der Waals surface area contributed by atoms with Crippen LogP contribution in [0.15, 0.2) is 30.6 Å². The molecule has 1 fully saturated rings. The van der Waals surface area contributed by atoms with Crippen LogP contribution in [0.5, 0.6) is 0 Å². The minimum Gasteiger partial charge on any atom is -0.368 e. The molecule has 2 aliphatic heterocycles. The van der Waals surface area contributed by atoms with E-state index in [1.54, 1.807) is 0 Å². The molecule has 0 spiro atoms. The van der Waals surface area contributed by atoms with Gasteiger partial charge in [0, 0.05) is 62.6 Å². The van der Waals surface area contributed by atoms with E-state index in [4.69, 9.17) is 4.98 Å². The molecule has 3 aromatic rings. The quantitative estimate of drug-likeness (QED) is 0.672. The molecule has 1 saturated heterocycles. The Morgan fingerprint density at radius 3 is 2.58 bits per heavy atom. The van der Waals surface area contributed by atoms with Gasteiger partial charge in [0.2, 0.25) is 5.95 Å². The summed E-state index contributed by atoms with van der Waals surface area (Å²) in [6.45, 7) is 15.0. The fourth-order valence-electron chi connectivity index (χ4n) is 4.74. The molecule has 0 radical (unpaired) electrons. The van der Waals surface area contributed by atoms with Crippen molar-refractivity contribution in [3.05, 3.63) is 36.3 Å². The number of piperazine rings is 1. The minimum absolute atomic E-state index is 0.0273. The van der Waals surface area contributed by atoms with Gasteiger partial charge < -0.3 is 20.1 Å². The first kappa shape index (κ1) is 20.2. The van der Waals surface area contributed by atoms with Gasteiger partial charge in [-0.05, 0) is 45.9 Å². The van der Waals surface area contributed by atoms with Gasteiger partial charge >= 0.3 is 0 Å². The maximum Gasteiger partial charge on any atom is 0.230 e. The molecule has 31 heavy (non-hydrogen) atoms. The second-order valence-electron chi connectivity index (χ2n) is 9.50. The molecule has 3 aromatic heterocycles. The lowest BCUT2D eigenvalue weighted by Crippen LogP contribution is -2.48. The first-order chi connectivity index (χ1) is 14.9. The molecule has 5 heterocycles. The first-order valence-electron chi connectivity index (χ1n) is 11.2. The molecule has 164 valence electrons. The van der Waals surface area contributed by atoms with Gasteiger partial charge in [0.1, 0.15) is 11.5 Å². The van der Waals surface area contributed by atoms with Gasteiger partial charge in [0.25, 0.3) is 0 Å². The van der Waals surface area contributed by atoms with Gasteiger partial charge in [0.15, 0.2) is 0 Å². The normalized spacial score (nSPS) is 19.1. The Labute approximate surface area is 183 Å². The average Bonchev–Trinajstić information content (AvgIpc) is 3.13. The highest BCUT2D eigenvalue weighted by Gasteiger charge is 2.29. The van der Waals surface area contributed by atoms with Crippen LogP contribution < -0.4 is 15.5 Å². The number of hydrogen-bond donors (Lipinski definition) is 2. The molecule has 0 aromatic carbocycles. The molecular weight excluding hydrogens is 388 g/mol. The van der Waals surface area contributed by atoms with Gasteiger partial charge in [-0.15, -0.1) is 0 Å². The molecule has 8 nitrogen and oxygen atoms in total. The fourth-order valence-corrected chi connectivity index (χ4v) is 4.74. The number of rotatable bonds is 4. The van der Waals surface area contributed by atoms with Crippen LogP contribution in [0.3, 0.4) is 0 Å². The van der Waals surface area contributed by atoms with E-state index in [0.29, 0.717) is 12.0 Å². The summed E-state index contributed by atoms with van der Waals surface area (Å²) in [5, 5.41) is 7.84. The highest BCUT2D eigenvalue weighted by Crippen LogP contribution is 2.29. The summed E-state index contributed by atoms with van der Waals surface area (Å²) in [4.78, 5) is 18.9. The predicted octanol–water partition coefficient (Wildman–Crippen LogP) is 2.94. The predicted molar refractivity (Wildman–Crippen MR) is 125 cm³/mol. The van der Waals surface area contributed by atoms with Crippen molar-refractivity contribution in [2.24, 2.45) is 0 Å². The zero-order chi connectivity index (χ0) is 21.6.